The second-order valence-corrected chi connectivity index (χ2v) is 8.31. The summed E-state index contributed by atoms with van der Waals surface area (Å²) in [6, 6.07) is 13.0. The van der Waals surface area contributed by atoms with E-state index in [1.807, 2.05) is 36.4 Å². The van der Waals surface area contributed by atoms with Gasteiger partial charge in [0.15, 0.2) is 0 Å². The number of halogens is 1. The number of hydrogen-bond donors (Lipinski definition) is 0. The molecule has 0 saturated carbocycles. The maximum atomic E-state index is 13.0. The Balaban J connectivity index is 2.08. The van der Waals surface area contributed by atoms with Crippen molar-refractivity contribution >= 4 is 27.9 Å². The molecule has 0 fully saturated rings. The maximum absolute atomic E-state index is 13.0. The van der Waals surface area contributed by atoms with Crippen LogP contribution in [0.4, 0.5) is 0 Å². The van der Waals surface area contributed by atoms with Gasteiger partial charge in [-0.25, -0.2) is 9.59 Å². The van der Waals surface area contributed by atoms with Crippen LogP contribution < -0.4 is 9.47 Å². The van der Waals surface area contributed by atoms with Gasteiger partial charge in [-0.3, -0.25) is 0 Å². The smallest absolute Gasteiger partial charge is 0.336 e. The monoisotopic (exact) mass is 529 g/mol. The summed E-state index contributed by atoms with van der Waals surface area (Å²) in [5.74, 6) is -0.252. The molecule has 0 aromatic heterocycles. The van der Waals surface area contributed by atoms with E-state index in [9.17, 15) is 9.59 Å². The number of carbonyl (C=O) groups is 2. The Morgan fingerprint density at radius 3 is 1.94 bits per heavy atom. The molecule has 8 heteroatoms. The molecule has 180 valence electrons. The summed E-state index contributed by atoms with van der Waals surface area (Å²) in [5.41, 5.74) is 2.40. The van der Waals surface area contributed by atoms with E-state index in [-0.39, 0.29) is 13.2 Å². The van der Waals surface area contributed by atoms with Crippen LogP contribution in [0.3, 0.4) is 0 Å². The fraction of sp³-hybridized carbons (Fsp3) is 0.308. The van der Waals surface area contributed by atoms with E-state index in [1.54, 1.807) is 51.4 Å². The standard InChI is InChI=1S/C26H28BrNO6/c1-5-33-25(29)20-15-28(14-17-7-10-19(31-3)11-8-17)16-21(26(30)34-6-2)24(20)18-9-12-23(32-4)22(27)13-18/h7-13,15-16,24H,5-6,14H2,1-4H3. The molecule has 0 atom stereocenters. The molecule has 0 spiro atoms. The number of ether oxygens (including phenoxy) is 4. The number of nitrogens with zero attached hydrogens (tertiary/aromatic N) is 1. The molecule has 34 heavy (non-hydrogen) atoms. The summed E-state index contributed by atoms with van der Waals surface area (Å²) in [4.78, 5) is 27.9. The van der Waals surface area contributed by atoms with Gasteiger partial charge in [0.05, 0.1) is 49.0 Å². The van der Waals surface area contributed by atoms with Crippen molar-refractivity contribution in [2.45, 2.75) is 26.3 Å². The normalized spacial score (nSPS) is 13.6. The van der Waals surface area contributed by atoms with E-state index in [0.29, 0.717) is 27.9 Å². The molecule has 0 bridgehead atoms. The molecule has 3 rings (SSSR count). The van der Waals surface area contributed by atoms with Crippen molar-refractivity contribution < 1.29 is 28.5 Å². The zero-order valence-corrected chi connectivity index (χ0v) is 21.3. The van der Waals surface area contributed by atoms with Gasteiger partial charge < -0.3 is 23.8 Å². The van der Waals surface area contributed by atoms with Crippen LogP contribution in [0.15, 0.2) is 70.5 Å². The van der Waals surface area contributed by atoms with Crippen molar-refractivity contribution in [1.82, 2.24) is 4.90 Å². The lowest BCUT2D eigenvalue weighted by molar-refractivity contribution is -0.139. The molecule has 0 aliphatic carbocycles. The minimum absolute atomic E-state index is 0.214. The number of methoxy groups -OCH3 is 2. The first kappa shape index (κ1) is 25.4. The van der Waals surface area contributed by atoms with Gasteiger partial charge in [0.1, 0.15) is 11.5 Å². The Kier molecular flexibility index (Phi) is 8.76. The molecule has 0 saturated heterocycles. The predicted molar refractivity (Wildman–Crippen MR) is 131 cm³/mol. The zero-order chi connectivity index (χ0) is 24.7. The van der Waals surface area contributed by atoms with Gasteiger partial charge in [0.2, 0.25) is 0 Å². The van der Waals surface area contributed by atoms with Crippen molar-refractivity contribution in [2.24, 2.45) is 0 Å². The molecule has 1 aliphatic rings. The molecular weight excluding hydrogens is 502 g/mol. The van der Waals surface area contributed by atoms with Crippen molar-refractivity contribution in [2.75, 3.05) is 27.4 Å². The van der Waals surface area contributed by atoms with Crippen molar-refractivity contribution in [3.8, 4) is 11.5 Å². The zero-order valence-electron chi connectivity index (χ0n) is 19.7. The third kappa shape index (κ3) is 5.80. The third-order valence-corrected chi connectivity index (χ3v) is 5.91. The van der Waals surface area contributed by atoms with Crippen molar-refractivity contribution in [1.29, 1.82) is 0 Å². The van der Waals surface area contributed by atoms with Gasteiger partial charge >= 0.3 is 11.9 Å². The molecule has 7 nitrogen and oxygen atoms in total. The molecule has 0 N–H and O–H groups in total. The second-order valence-electron chi connectivity index (χ2n) is 7.46. The Bertz CT molecular complexity index is 1060. The highest BCUT2D eigenvalue weighted by atomic mass is 79.9. The lowest BCUT2D eigenvalue weighted by atomic mass is 9.83. The Morgan fingerprint density at radius 1 is 0.882 bits per heavy atom. The van der Waals surface area contributed by atoms with E-state index in [2.05, 4.69) is 15.9 Å². The summed E-state index contributed by atoms with van der Waals surface area (Å²) in [7, 11) is 3.19. The lowest BCUT2D eigenvalue weighted by Crippen LogP contribution is -2.29. The number of hydrogen-bond acceptors (Lipinski definition) is 7. The number of benzene rings is 2. The fourth-order valence-corrected chi connectivity index (χ4v) is 4.29. The largest absolute Gasteiger partial charge is 0.497 e. The molecular formula is C26H28BrNO6. The fourth-order valence-electron chi connectivity index (χ4n) is 3.74. The summed E-state index contributed by atoms with van der Waals surface area (Å²) in [6.45, 7) is 4.36. The summed E-state index contributed by atoms with van der Waals surface area (Å²) in [6.07, 6.45) is 3.46. The Labute approximate surface area is 208 Å². The second kappa shape index (κ2) is 11.7. The van der Waals surface area contributed by atoms with Crippen LogP contribution >= 0.6 is 15.9 Å². The quantitative estimate of drug-likeness (QED) is 0.425. The van der Waals surface area contributed by atoms with E-state index >= 15 is 0 Å². The van der Waals surface area contributed by atoms with Crippen LogP contribution in [-0.4, -0.2) is 44.3 Å². The van der Waals surface area contributed by atoms with Gasteiger partial charge in [-0.2, -0.15) is 0 Å². The van der Waals surface area contributed by atoms with Crippen LogP contribution in [0.25, 0.3) is 0 Å². The van der Waals surface area contributed by atoms with Gasteiger partial charge in [0.25, 0.3) is 0 Å². The predicted octanol–water partition coefficient (Wildman–Crippen LogP) is 4.96. The van der Waals surface area contributed by atoms with E-state index in [1.165, 1.54) is 0 Å². The first-order valence-electron chi connectivity index (χ1n) is 10.9. The number of rotatable bonds is 9. The van der Waals surface area contributed by atoms with Crippen LogP contribution in [0, 0.1) is 0 Å². The highest BCUT2D eigenvalue weighted by molar-refractivity contribution is 9.10. The lowest BCUT2D eigenvalue weighted by Gasteiger charge is -2.30. The summed E-state index contributed by atoms with van der Waals surface area (Å²) < 4.78 is 22.0. The first-order chi connectivity index (χ1) is 16.4. The van der Waals surface area contributed by atoms with Crippen LogP contribution in [0.1, 0.15) is 30.9 Å². The Hall–Kier alpha value is -3.26. The minimum atomic E-state index is -0.660. The molecule has 1 aliphatic heterocycles. The van der Waals surface area contributed by atoms with Crippen LogP contribution in [-0.2, 0) is 25.6 Å². The van der Waals surface area contributed by atoms with Gasteiger partial charge in [-0.1, -0.05) is 18.2 Å². The average Bonchev–Trinajstić information content (AvgIpc) is 2.84. The summed E-state index contributed by atoms with van der Waals surface area (Å²) in [5, 5.41) is 0. The average molecular weight is 530 g/mol. The SMILES string of the molecule is CCOC(=O)C1=CN(Cc2ccc(OC)cc2)C=C(C(=O)OCC)C1c1ccc(OC)c(Br)c1. The minimum Gasteiger partial charge on any atom is -0.497 e. The topological polar surface area (TPSA) is 74.3 Å². The maximum Gasteiger partial charge on any atom is 0.336 e. The molecule has 1 heterocycles. The molecule has 2 aromatic rings. The van der Waals surface area contributed by atoms with Gasteiger partial charge in [-0.15, -0.1) is 0 Å². The van der Waals surface area contributed by atoms with Gasteiger partial charge in [0, 0.05) is 18.9 Å². The van der Waals surface area contributed by atoms with Crippen LogP contribution in [0.2, 0.25) is 0 Å². The summed E-state index contributed by atoms with van der Waals surface area (Å²) >= 11 is 3.50. The molecule has 0 unspecified atom stereocenters. The number of esters is 2. The molecule has 2 aromatic carbocycles. The van der Waals surface area contributed by atoms with E-state index in [0.717, 1.165) is 16.9 Å². The van der Waals surface area contributed by atoms with Crippen LogP contribution in [0.5, 0.6) is 11.5 Å². The molecule has 0 radical (unpaired) electrons. The van der Waals surface area contributed by atoms with Gasteiger partial charge in [-0.05, 0) is 65.2 Å². The van der Waals surface area contributed by atoms with E-state index < -0.39 is 17.9 Å². The number of carbonyl (C=O) groups excluding carboxylic acids is 2. The highest BCUT2D eigenvalue weighted by Gasteiger charge is 2.36. The Morgan fingerprint density at radius 2 is 1.47 bits per heavy atom. The third-order valence-electron chi connectivity index (χ3n) is 5.29. The van der Waals surface area contributed by atoms with E-state index in [4.69, 9.17) is 18.9 Å². The first-order valence-corrected chi connectivity index (χ1v) is 11.7. The highest BCUT2D eigenvalue weighted by Crippen LogP contribution is 2.40. The van der Waals surface area contributed by atoms with Crippen molar-refractivity contribution in [3.63, 3.8) is 0 Å². The molecule has 0 amide bonds. The van der Waals surface area contributed by atoms with Crippen molar-refractivity contribution in [3.05, 3.63) is 81.6 Å².